The lowest BCUT2D eigenvalue weighted by Crippen LogP contribution is -2.50. The predicted molar refractivity (Wildman–Crippen MR) is 84.3 cm³/mol. The second kappa shape index (κ2) is 7.23. The second-order valence-corrected chi connectivity index (χ2v) is 5.84. The fourth-order valence-corrected chi connectivity index (χ4v) is 3.05. The van der Waals surface area contributed by atoms with Gasteiger partial charge < -0.3 is 9.80 Å². The molecule has 0 atom stereocenters. The Bertz CT molecular complexity index is 533. The van der Waals surface area contributed by atoms with Gasteiger partial charge in [-0.25, -0.2) is 0 Å². The van der Waals surface area contributed by atoms with Crippen LogP contribution in [0.25, 0.3) is 0 Å². The molecule has 23 heavy (non-hydrogen) atoms. The number of halogens is 3. The van der Waals surface area contributed by atoms with Crippen molar-refractivity contribution in [2.24, 2.45) is 5.92 Å². The molecule has 6 heteroatoms. The molecule has 1 aliphatic heterocycles. The molecular weight excluding hydrogens is 305 g/mol. The second-order valence-electron chi connectivity index (χ2n) is 5.84. The van der Waals surface area contributed by atoms with Crippen LogP contribution in [0.1, 0.15) is 32.3 Å². The van der Waals surface area contributed by atoms with Crippen molar-refractivity contribution in [3.8, 4) is 0 Å². The van der Waals surface area contributed by atoms with Gasteiger partial charge in [-0.3, -0.25) is 4.79 Å². The molecule has 0 unspecified atom stereocenters. The molecule has 1 aromatic carbocycles. The zero-order chi connectivity index (χ0) is 17.0. The summed E-state index contributed by atoms with van der Waals surface area (Å²) in [6.45, 7) is 5.78. The molecule has 0 bridgehead atoms. The van der Waals surface area contributed by atoms with E-state index in [4.69, 9.17) is 0 Å². The van der Waals surface area contributed by atoms with E-state index in [0.29, 0.717) is 26.2 Å². The van der Waals surface area contributed by atoms with E-state index in [1.165, 1.54) is 12.1 Å². The van der Waals surface area contributed by atoms with E-state index in [1.807, 2.05) is 13.8 Å². The Morgan fingerprint density at radius 1 is 1.09 bits per heavy atom. The maximum Gasteiger partial charge on any atom is 0.418 e. The highest BCUT2D eigenvalue weighted by Gasteiger charge is 2.35. The van der Waals surface area contributed by atoms with E-state index in [-0.39, 0.29) is 17.5 Å². The monoisotopic (exact) mass is 328 g/mol. The Hall–Kier alpha value is -1.72. The normalized spacial score (nSPS) is 16.1. The summed E-state index contributed by atoms with van der Waals surface area (Å²) in [5, 5.41) is 0. The molecule has 128 valence electrons. The van der Waals surface area contributed by atoms with Crippen molar-refractivity contribution in [1.29, 1.82) is 0 Å². The van der Waals surface area contributed by atoms with E-state index in [9.17, 15) is 18.0 Å². The Morgan fingerprint density at radius 3 is 2.17 bits per heavy atom. The molecule has 2 rings (SSSR count). The molecule has 3 nitrogen and oxygen atoms in total. The first kappa shape index (κ1) is 17.6. The van der Waals surface area contributed by atoms with Gasteiger partial charge in [0.1, 0.15) is 0 Å². The molecule has 1 amide bonds. The van der Waals surface area contributed by atoms with Crippen molar-refractivity contribution in [3.63, 3.8) is 0 Å². The summed E-state index contributed by atoms with van der Waals surface area (Å²) < 4.78 is 39.3. The Balaban J connectivity index is 2.07. The van der Waals surface area contributed by atoms with Crippen molar-refractivity contribution in [1.82, 2.24) is 4.90 Å². The number of carbonyl (C=O) groups is 1. The van der Waals surface area contributed by atoms with E-state index in [2.05, 4.69) is 0 Å². The molecule has 1 aromatic rings. The van der Waals surface area contributed by atoms with Crippen LogP contribution in [0.15, 0.2) is 24.3 Å². The lowest BCUT2D eigenvalue weighted by molar-refractivity contribution is -0.138. The Morgan fingerprint density at radius 2 is 1.65 bits per heavy atom. The predicted octanol–water partition coefficient (Wildman–Crippen LogP) is 3.79. The van der Waals surface area contributed by atoms with Crippen LogP contribution in [-0.2, 0) is 11.0 Å². The number of piperazine rings is 1. The molecule has 1 aliphatic rings. The largest absolute Gasteiger partial charge is 0.418 e. The molecule has 0 aromatic heterocycles. The summed E-state index contributed by atoms with van der Waals surface area (Å²) in [6, 6.07) is 5.63. The minimum absolute atomic E-state index is 0.0176. The van der Waals surface area contributed by atoms with Gasteiger partial charge in [-0.2, -0.15) is 13.2 Å². The molecule has 1 saturated heterocycles. The minimum Gasteiger partial charge on any atom is -0.367 e. The first-order valence-electron chi connectivity index (χ1n) is 8.08. The highest BCUT2D eigenvalue weighted by atomic mass is 19.4. The molecule has 1 heterocycles. The molecule has 1 fully saturated rings. The van der Waals surface area contributed by atoms with Gasteiger partial charge in [-0.05, 0) is 25.0 Å². The van der Waals surface area contributed by atoms with Gasteiger partial charge in [0.25, 0.3) is 0 Å². The van der Waals surface area contributed by atoms with Crippen molar-refractivity contribution in [2.45, 2.75) is 32.9 Å². The number of anilines is 1. The quantitative estimate of drug-likeness (QED) is 0.839. The molecule has 0 N–H and O–H groups in total. The zero-order valence-electron chi connectivity index (χ0n) is 13.6. The number of hydrogen-bond donors (Lipinski definition) is 0. The SMILES string of the molecule is CCC(CC)C(=O)N1CCN(c2ccccc2C(F)(F)F)CC1. The average molecular weight is 328 g/mol. The van der Waals surface area contributed by atoms with Crippen LogP contribution in [-0.4, -0.2) is 37.0 Å². The zero-order valence-corrected chi connectivity index (χ0v) is 13.6. The summed E-state index contributed by atoms with van der Waals surface area (Å²) in [4.78, 5) is 15.9. The molecule has 0 radical (unpaired) electrons. The minimum atomic E-state index is -4.36. The molecule has 0 spiro atoms. The van der Waals surface area contributed by atoms with Gasteiger partial charge in [0, 0.05) is 37.8 Å². The highest BCUT2D eigenvalue weighted by molar-refractivity contribution is 5.79. The average Bonchev–Trinajstić information content (AvgIpc) is 2.55. The van der Waals surface area contributed by atoms with Crippen molar-refractivity contribution >= 4 is 11.6 Å². The standard InChI is InChI=1S/C17H23F3N2O/c1-3-13(4-2)16(23)22-11-9-21(10-12-22)15-8-6-5-7-14(15)17(18,19)20/h5-8,13H,3-4,9-12H2,1-2H3. The van der Waals surface area contributed by atoms with Crippen LogP contribution in [0.2, 0.25) is 0 Å². The van der Waals surface area contributed by atoms with E-state index >= 15 is 0 Å². The Labute approximate surface area is 135 Å². The van der Waals surface area contributed by atoms with Crippen molar-refractivity contribution in [3.05, 3.63) is 29.8 Å². The van der Waals surface area contributed by atoms with Crippen LogP contribution in [0.5, 0.6) is 0 Å². The molecular formula is C17H23F3N2O. The molecule has 0 aliphatic carbocycles. The van der Waals surface area contributed by atoms with Gasteiger partial charge in [0.05, 0.1) is 5.56 Å². The van der Waals surface area contributed by atoms with Gasteiger partial charge in [0.2, 0.25) is 5.91 Å². The van der Waals surface area contributed by atoms with Gasteiger partial charge in [-0.15, -0.1) is 0 Å². The van der Waals surface area contributed by atoms with E-state index in [1.54, 1.807) is 15.9 Å². The fourth-order valence-electron chi connectivity index (χ4n) is 3.05. The first-order chi connectivity index (χ1) is 10.9. The lowest BCUT2D eigenvalue weighted by Gasteiger charge is -2.38. The fraction of sp³-hybridized carbons (Fsp3) is 0.588. The Kier molecular flexibility index (Phi) is 5.55. The third-order valence-electron chi connectivity index (χ3n) is 4.48. The van der Waals surface area contributed by atoms with E-state index < -0.39 is 11.7 Å². The maximum absolute atomic E-state index is 13.1. The first-order valence-corrected chi connectivity index (χ1v) is 8.08. The van der Waals surface area contributed by atoms with Gasteiger partial charge in [0.15, 0.2) is 0 Å². The van der Waals surface area contributed by atoms with Gasteiger partial charge in [-0.1, -0.05) is 26.0 Å². The summed E-state index contributed by atoms with van der Waals surface area (Å²) >= 11 is 0. The van der Waals surface area contributed by atoms with Crippen molar-refractivity contribution < 1.29 is 18.0 Å². The number of amides is 1. The van der Waals surface area contributed by atoms with Crippen LogP contribution >= 0.6 is 0 Å². The van der Waals surface area contributed by atoms with Crippen LogP contribution in [0.4, 0.5) is 18.9 Å². The smallest absolute Gasteiger partial charge is 0.367 e. The van der Waals surface area contributed by atoms with Crippen LogP contribution in [0.3, 0.4) is 0 Å². The number of hydrogen-bond acceptors (Lipinski definition) is 2. The number of rotatable bonds is 4. The van der Waals surface area contributed by atoms with Gasteiger partial charge >= 0.3 is 6.18 Å². The van der Waals surface area contributed by atoms with E-state index in [0.717, 1.165) is 18.9 Å². The summed E-state index contributed by atoms with van der Waals surface area (Å²) in [6.07, 6.45) is -2.77. The summed E-state index contributed by atoms with van der Waals surface area (Å²) in [5.41, 5.74) is -0.408. The highest BCUT2D eigenvalue weighted by Crippen LogP contribution is 2.36. The number of benzene rings is 1. The van der Waals surface area contributed by atoms with Crippen LogP contribution in [0, 0.1) is 5.92 Å². The summed E-state index contributed by atoms with van der Waals surface area (Å²) in [7, 11) is 0. The maximum atomic E-state index is 13.1. The third-order valence-corrected chi connectivity index (χ3v) is 4.48. The topological polar surface area (TPSA) is 23.6 Å². The number of para-hydroxylation sites is 1. The lowest BCUT2D eigenvalue weighted by atomic mass is 10.0. The number of alkyl halides is 3. The third kappa shape index (κ3) is 3.98. The van der Waals surface area contributed by atoms with Crippen LogP contribution < -0.4 is 4.90 Å². The van der Waals surface area contributed by atoms with Crippen molar-refractivity contribution in [2.75, 3.05) is 31.1 Å². The number of carbonyl (C=O) groups excluding carboxylic acids is 1. The molecule has 0 saturated carbocycles. The summed E-state index contributed by atoms with van der Waals surface area (Å²) in [5.74, 6) is 0.141. The number of nitrogens with zero attached hydrogens (tertiary/aromatic N) is 2.